The van der Waals surface area contributed by atoms with Crippen LogP contribution in [0.1, 0.15) is 18.4 Å². The molecular formula is C15H21N3O3. The molecule has 21 heavy (non-hydrogen) atoms. The Hall–Kier alpha value is -1.92. The molecule has 6 heteroatoms. The Kier molecular flexibility index (Phi) is 5.71. The molecule has 0 radical (unpaired) electrons. The maximum absolute atomic E-state index is 11.8. The molecule has 2 atom stereocenters. The second kappa shape index (κ2) is 7.75. The van der Waals surface area contributed by atoms with Crippen LogP contribution in [0.15, 0.2) is 30.3 Å². The molecule has 0 bridgehead atoms. The smallest absolute Gasteiger partial charge is 0.249 e. The Morgan fingerprint density at radius 3 is 2.62 bits per heavy atom. The predicted molar refractivity (Wildman–Crippen MR) is 78.2 cm³/mol. The van der Waals surface area contributed by atoms with Crippen LogP contribution in [0.3, 0.4) is 0 Å². The van der Waals surface area contributed by atoms with E-state index < -0.39 is 6.10 Å². The Balaban J connectivity index is 1.66. The Morgan fingerprint density at radius 2 is 1.95 bits per heavy atom. The fourth-order valence-corrected chi connectivity index (χ4v) is 2.21. The number of hydrogen-bond donors (Lipinski definition) is 3. The van der Waals surface area contributed by atoms with Crippen molar-refractivity contribution in [1.82, 2.24) is 10.6 Å². The average molecular weight is 291 g/mol. The number of carbonyl (C=O) groups is 2. The zero-order valence-corrected chi connectivity index (χ0v) is 11.9. The van der Waals surface area contributed by atoms with Crippen molar-refractivity contribution < 1.29 is 14.3 Å². The molecule has 114 valence electrons. The summed E-state index contributed by atoms with van der Waals surface area (Å²) in [5, 5.41) is 5.34. The van der Waals surface area contributed by atoms with E-state index in [1.54, 1.807) is 0 Å². The molecule has 0 spiro atoms. The SMILES string of the molecule is NCC1CCC(C(=O)NCC(=O)NCc2ccccc2)O1. The minimum Gasteiger partial charge on any atom is -0.364 e. The van der Waals surface area contributed by atoms with E-state index in [0.717, 1.165) is 12.0 Å². The van der Waals surface area contributed by atoms with Crippen LogP contribution in [0.5, 0.6) is 0 Å². The van der Waals surface area contributed by atoms with E-state index in [4.69, 9.17) is 10.5 Å². The summed E-state index contributed by atoms with van der Waals surface area (Å²) in [5.74, 6) is -0.471. The summed E-state index contributed by atoms with van der Waals surface area (Å²) in [4.78, 5) is 23.5. The molecule has 1 aromatic rings. The zero-order valence-electron chi connectivity index (χ0n) is 11.9. The molecule has 6 nitrogen and oxygen atoms in total. The first-order chi connectivity index (χ1) is 10.2. The Bertz CT molecular complexity index is 478. The largest absolute Gasteiger partial charge is 0.364 e. The second-order valence-corrected chi connectivity index (χ2v) is 5.04. The van der Waals surface area contributed by atoms with Crippen LogP contribution < -0.4 is 16.4 Å². The summed E-state index contributed by atoms with van der Waals surface area (Å²) in [5.41, 5.74) is 6.51. The first kappa shape index (κ1) is 15.5. The van der Waals surface area contributed by atoms with Gasteiger partial charge in [0.1, 0.15) is 6.10 Å². The van der Waals surface area contributed by atoms with Gasteiger partial charge in [-0.05, 0) is 18.4 Å². The van der Waals surface area contributed by atoms with Crippen molar-refractivity contribution in [3.63, 3.8) is 0 Å². The van der Waals surface area contributed by atoms with Crippen molar-refractivity contribution in [2.24, 2.45) is 5.73 Å². The third kappa shape index (κ3) is 4.84. The highest BCUT2D eigenvalue weighted by molar-refractivity contribution is 5.87. The van der Waals surface area contributed by atoms with Gasteiger partial charge in [0, 0.05) is 13.1 Å². The average Bonchev–Trinajstić information content (AvgIpc) is 3.00. The molecule has 0 aliphatic carbocycles. The highest BCUT2D eigenvalue weighted by Crippen LogP contribution is 2.18. The summed E-state index contributed by atoms with van der Waals surface area (Å²) in [6.07, 6.45) is 0.904. The van der Waals surface area contributed by atoms with Gasteiger partial charge in [0.25, 0.3) is 0 Å². The number of carbonyl (C=O) groups excluding carboxylic acids is 2. The second-order valence-electron chi connectivity index (χ2n) is 5.04. The van der Waals surface area contributed by atoms with Crippen molar-refractivity contribution in [1.29, 1.82) is 0 Å². The highest BCUT2D eigenvalue weighted by Gasteiger charge is 2.29. The van der Waals surface area contributed by atoms with Crippen LogP contribution in [0, 0.1) is 0 Å². The van der Waals surface area contributed by atoms with Gasteiger partial charge in [0.2, 0.25) is 11.8 Å². The third-order valence-corrected chi connectivity index (χ3v) is 3.42. The standard InChI is InChI=1S/C15H21N3O3/c16-8-12-6-7-13(21-12)15(20)18-10-14(19)17-9-11-4-2-1-3-5-11/h1-5,12-13H,6-10,16H2,(H,17,19)(H,18,20). The van der Waals surface area contributed by atoms with E-state index in [0.29, 0.717) is 19.5 Å². The molecule has 0 aromatic heterocycles. The number of hydrogen-bond acceptors (Lipinski definition) is 4. The fraction of sp³-hybridized carbons (Fsp3) is 0.467. The molecule has 1 aliphatic rings. The molecule has 1 saturated heterocycles. The lowest BCUT2D eigenvalue weighted by atomic mass is 10.2. The third-order valence-electron chi connectivity index (χ3n) is 3.42. The number of nitrogens with two attached hydrogens (primary N) is 1. The maximum Gasteiger partial charge on any atom is 0.249 e. The lowest BCUT2D eigenvalue weighted by molar-refractivity contribution is -0.133. The fourth-order valence-electron chi connectivity index (χ4n) is 2.21. The van der Waals surface area contributed by atoms with Crippen LogP contribution in [0.2, 0.25) is 0 Å². The van der Waals surface area contributed by atoms with Crippen LogP contribution in [-0.2, 0) is 20.9 Å². The number of nitrogens with one attached hydrogen (secondary N) is 2. The number of ether oxygens (including phenoxy) is 1. The van der Waals surface area contributed by atoms with Crippen molar-refractivity contribution >= 4 is 11.8 Å². The first-order valence-electron chi connectivity index (χ1n) is 7.13. The van der Waals surface area contributed by atoms with E-state index >= 15 is 0 Å². The van der Waals surface area contributed by atoms with Crippen molar-refractivity contribution in [3.05, 3.63) is 35.9 Å². The van der Waals surface area contributed by atoms with E-state index in [9.17, 15) is 9.59 Å². The van der Waals surface area contributed by atoms with Crippen LogP contribution in [-0.4, -0.2) is 37.1 Å². The number of rotatable bonds is 6. The van der Waals surface area contributed by atoms with Crippen molar-refractivity contribution in [3.8, 4) is 0 Å². The Labute approximate surface area is 124 Å². The summed E-state index contributed by atoms with van der Waals surface area (Å²) < 4.78 is 5.47. The summed E-state index contributed by atoms with van der Waals surface area (Å²) in [7, 11) is 0. The van der Waals surface area contributed by atoms with Crippen molar-refractivity contribution in [2.75, 3.05) is 13.1 Å². The normalized spacial score (nSPS) is 21.0. The molecule has 1 aliphatic heterocycles. The lowest BCUT2D eigenvalue weighted by Crippen LogP contribution is -2.41. The van der Waals surface area contributed by atoms with Crippen molar-refractivity contribution in [2.45, 2.75) is 31.6 Å². The van der Waals surface area contributed by atoms with Crippen LogP contribution >= 0.6 is 0 Å². The molecule has 2 unspecified atom stereocenters. The topological polar surface area (TPSA) is 93.5 Å². The summed E-state index contributed by atoms with van der Waals surface area (Å²) in [6.45, 7) is 0.824. The van der Waals surface area contributed by atoms with Gasteiger partial charge in [-0.2, -0.15) is 0 Å². The maximum atomic E-state index is 11.8. The molecule has 2 amide bonds. The molecular weight excluding hydrogens is 270 g/mol. The van der Waals surface area contributed by atoms with Gasteiger partial charge in [-0.1, -0.05) is 30.3 Å². The number of benzene rings is 1. The molecule has 1 aromatic carbocycles. The molecule has 1 fully saturated rings. The van der Waals surface area contributed by atoms with Crippen LogP contribution in [0.4, 0.5) is 0 Å². The zero-order chi connectivity index (χ0) is 15.1. The minimum atomic E-state index is -0.486. The predicted octanol–water partition coefficient (Wildman–Crippen LogP) is -0.0747. The molecule has 4 N–H and O–H groups in total. The van der Waals surface area contributed by atoms with E-state index in [1.807, 2.05) is 30.3 Å². The van der Waals surface area contributed by atoms with Crippen LogP contribution in [0.25, 0.3) is 0 Å². The quantitative estimate of drug-likeness (QED) is 0.683. The van der Waals surface area contributed by atoms with E-state index in [1.165, 1.54) is 0 Å². The van der Waals surface area contributed by atoms with Gasteiger partial charge in [0.05, 0.1) is 12.6 Å². The van der Waals surface area contributed by atoms with Gasteiger partial charge >= 0.3 is 0 Å². The van der Waals surface area contributed by atoms with Gasteiger partial charge in [0.15, 0.2) is 0 Å². The van der Waals surface area contributed by atoms with Gasteiger partial charge in [-0.3, -0.25) is 9.59 Å². The summed E-state index contributed by atoms with van der Waals surface area (Å²) in [6, 6.07) is 9.60. The monoisotopic (exact) mass is 291 g/mol. The minimum absolute atomic E-state index is 0.0428. The van der Waals surface area contributed by atoms with E-state index in [2.05, 4.69) is 10.6 Å². The molecule has 1 heterocycles. The molecule has 2 rings (SSSR count). The Morgan fingerprint density at radius 1 is 1.19 bits per heavy atom. The summed E-state index contributed by atoms with van der Waals surface area (Å²) >= 11 is 0. The molecule has 0 saturated carbocycles. The van der Waals surface area contributed by atoms with Gasteiger partial charge in [-0.15, -0.1) is 0 Å². The lowest BCUT2D eigenvalue weighted by Gasteiger charge is -2.12. The first-order valence-corrected chi connectivity index (χ1v) is 7.13. The van der Waals surface area contributed by atoms with Gasteiger partial charge < -0.3 is 21.1 Å². The van der Waals surface area contributed by atoms with E-state index in [-0.39, 0.29) is 24.5 Å². The van der Waals surface area contributed by atoms with Gasteiger partial charge in [-0.25, -0.2) is 0 Å². The number of amides is 2. The highest BCUT2D eigenvalue weighted by atomic mass is 16.5.